The fourth-order valence-corrected chi connectivity index (χ4v) is 3.68. The van der Waals surface area contributed by atoms with Crippen LogP contribution in [0.5, 0.6) is 0 Å². The number of carboxylic acids is 1. The van der Waals surface area contributed by atoms with Crippen LogP contribution in [-0.4, -0.2) is 57.9 Å². The molecule has 0 spiro atoms. The number of likely N-dealkylation sites (tertiary alicyclic amines) is 1. The molecule has 2 N–H and O–H groups in total. The van der Waals surface area contributed by atoms with Gasteiger partial charge in [-0.1, -0.05) is 37.3 Å². The summed E-state index contributed by atoms with van der Waals surface area (Å²) in [5.74, 6) is -2.09. The van der Waals surface area contributed by atoms with Gasteiger partial charge < -0.3 is 15.3 Å². The second kappa shape index (κ2) is 6.78. The van der Waals surface area contributed by atoms with Crippen LogP contribution in [0.2, 0.25) is 0 Å². The molecule has 0 aromatic heterocycles. The minimum absolute atomic E-state index is 0.317. The van der Waals surface area contributed by atoms with Gasteiger partial charge >= 0.3 is 12.0 Å². The van der Waals surface area contributed by atoms with Gasteiger partial charge in [0.15, 0.2) is 0 Å². The van der Waals surface area contributed by atoms with Gasteiger partial charge in [-0.3, -0.25) is 14.5 Å². The molecule has 0 radical (unpaired) electrons. The Morgan fingerprint density at radius 3 is 2.58 bits per heavy atom. The lowest BCUT2D eigenvalue weighted by Crippen LogP contribution is -2.48. The predicted molar refractivity (Wildman–Crippen MR) is 91.0 cm³/mol. The van der Waals surface area contributed by atoms with Gasteiger partial charge in [0.1, 0.15) is 18.1 Å². The number of carboxylic acid groups (broad SMARTS) is 1. The number of benzene rings is 1. The van der Waals surface area contributed by atoms with Crippen molar-refractivity contribution in [1.29, 1.82) is 0 Å². The van der Waals surface area contributed by atoms with E-state index in [-0.39, 0.29) is 0 Å². The molecular formula is C18H21N3O5. The number of imide groups is 1. The highest BCUT2D eigenvalue weighted by Crippen LogP contribution is 2.32. The maximum Gasteiger partial charge on any atom is 0.326 e. The van der Waals surface area contributed by atoms with Crippen molar-refractivity contribution in [2.75, 3.05) is 13.1 Å². The van der Waals surface area contributed by atoms with Crippen LogP contribution in [0.3, 0.4) is 0 Å². The minimum atomic E-state index is -1.20. The first kappa shape index (κ1) is 17.9. The monoisotopic (exact) mass is 359 g/mol. The third kappa shape index (κ3) is 2.81. The molecule has 4 amide bonds. The van der Waals surface area contributed by atoms with Crippen molar-refractivity contribution in [3.8, 4) is 0 Å². The zero-order chi connectivity index (χ0) is 18.9. The molecule has 8 heteroatoms. The van der Waals surface area contributed by atoms with Gasteiger partial charge in [-0.05, 0) is 24.8 Å². The highest BCUT2D eigenvalue weighted by molar-refractivity contribution is 6.09. The molecule has 2 fully saturated rings. The Bertz CT molecular complexity index is 750. The van der Waals surface area contributed by atoms with E-state index in [0.717, 1.165) is 4.90 Å². The lowest BCUT2D eigenvalue weighted by molar-refractivity contribution is -0.149. The largest absolute Gasteiger partial charge is 0.480 e. The number of amides is 4. The van der Waals surface area contributed by atoms with Crippen LogP contribution in [0.1, 0.15) is 31.7 Å². The van der Waals surface area contributed by atoms with Crippen molar-refractivity contribution in [2.24, 2.45) is 0 Å². The number of hydrogen-bond acceptors (Lipinski definition) is 4. The van der Waals surface area contributed by atoms with Gasteiger partial charge in [-0.2, -0.15) is 0 Å². The average molecular weight is 359 g/mol. The summed E-state index contributed by atoms with van der Waals surface area (Å²) in [7, 11) is 0. The molecule has 2 atom stereocenters. The van der Waals surface area contributed by atoms with Gasteiger partial charge in [0.2, 0.25) is 5.91 Å². The summed E-state index contributed by atoms with van der Waals surface area (Å²) in [6.45, 7) is 1.65. The molecule has 0 saturated carbocycles. The Morgan fingerprint density at radius 2 is 1.96 bits per heavy atom. The van der Waals surface area contributed by atoms with Crippen LogP contribution in [0, 0.1) is 0 Å². The Hall–Kier alpha value is -2.90. The molecule has 2 aliphatic rings. The lowest BCUT2D eigenvalue weighted by Gasteiger charge is -2.26. The van der Waals surface area contributed by atoms with Crippen molar-refractivity contribution in [1.82, 2.24) is 15.1 Å². The molecule has 0 unspecified atom stereocenters. The predicted octanol–water partition coefficient (Wildman–Crippen LogP) is 0.919. The smallest absolute Gasteiger partial charge is 0.326 e. The van der Waals surface area contributed by atoms with Gasteiger partial charge in [-0.15, -0.1) is 0 Å². The fourth-order valence-electron chi connectivity index (χ4n) is 3.68. The zero-order valence-corrected chi connectivity index (χ0v) is 14.5. The van der Waals surface area contributed by atoms with Crippen LogP contribution >= 0.6 is 0 Å². The quantitative estimate of drug-likeness (QED) is 0.760. The number of carbonyl (C=O) groups is 4. The Morgan fingerprint density at radius 1 is 1.27 bits per heavy atom. The van der Waals surface area contributed by atoms with Crippen LogP contribution in [0.4, 0.5) is 4.79 Å². The summed E-state index contributed by atoms with van der Waals surface area (Å²) >= 11 is 0. The highest BCUT2D eigenvalue weighted by Gasteiger charge is 2.52. The minimum Gasteiger partial charge on any atom is -0.480 e. The maximum atomic E-state index is 13.0. The van der Waals surface area contributed by atoms with E-state index < -0.39 is 41.9 Å². The van der Waals surface area contributed by atoms with E-state index in [1.54, 1.807) is 31.2 Å². The van der Waals surface area contributed by atoms with Gasteiger partial charge in [0, 0.05) is 6.54 Å². The Balaban J connectivity index is 1.81. The van der Waals surface area contributed by atoms with Crippen molar-refractivity contribution in [3.63, 3.8) is 0 Å². The summed E-state index contributed by atoms with van der Waals surface area (Å²) in [6, 6.07) is 7.36. The van der Waals surface area contributed by atoms with E-state index in [4.69, 9.17) is 0 Å². The third-order valence-corrected chi connectivity index (χ3v) is 5.12. The van der Waals surface area contributed by atoms with Crippen LogP contribution in [0.15, 0.2) is 30.3 Å². The number of nitrogens with one attached hydrogen (secondary N) is 1. The second-order valence-corrected chi connectivity index (χ2v) is 6.53. The van der Waals surface area contributed by atoms with Gasteiger partial charge in [-0.25, -0.2) is 9.59 Å². The standard InChI is InChI=1S/C18H21N3O5/c1-2-18(12-7-4-3-5-8-12)16(25)21(17(26)19-18)11-14(22)20-10-6-9-13(20)15(23)24/h3-5,7-8,13H,2,6,9-11H2,1H3,(H,19,26)(H,23,24)/t13-,18-/m1/s1. The van der Waals surface area contributed by atoms with Crippen LogP contribution < -0.4 is 5.32 Å². The summed E-state index contributed by atoms with van der Waals surface area (Å²) in [4.78, 5) is 51.3. The number of urea groups is 1. The number of carbonyl (C=O) groups excluding carboxylic acids is 3. The number of aliphatic carboxylic acids is 1. The molecule has 1 aromatic rings. The molecule has 2 saturated heterocycles. The van der Waals surface area contributed by atoms with E-state index in [1.165, 1.54) is 4.90 Å². The molecule has 0 aliphatic carbocycles. The van der Waals surface area contributed by atoms with Crippen molar-refractivity contribution >= 4 is 23.8 Å². The van der Waals surface area contributed by atoms with E-state index in [9.17, 15) is 24.3 Å². The summed E-state index contributed by atoms with van der Waals surface area (Å²) in [6.07, 6.45) is 1.31. The van der Waals surface area contributed by atoms with E-state index >= 15 is 0 Å². The fraction of sp³-hybridized carbons (Fsp3) is 0.444. The Kier molecular flexibility index (Phi) is 4.67. The molecule has 26 heavy (non-hydrogen) atoms. The number of rotatable bonds is 5. The summed E-state index contributed by atoms with van der Waals surface area (Å²) in [5.41, 5.74) is -0.545. The highest BCUT2D eigenvalue weighted by atomic mass is 16.4. The molecule has 138 valence electrons. The van der Waals surface area contributed by atoms with Crippen molar-refractivity contribution < 1.29 is 24.3 Å². The zero-order valence-electron chi connectivity index (χ0n) is 14.5. The molecule has 2 aliphatic heterocycles. The average Bonchev–Trinajstić information content (AvgIpc) is 3.22. The third-order valence-electron chi connectivity index (χ3n) is 5.12. The molecule has 3 rings (SSSR count). The van der Waals surface area contributed by atoms with Crippen LogP contribution in [0.25, 0.3) is 0 Å². The lowest BCUT2D eigenvalue weighted by atomic mass is 9.87. The van der Waals surface area contributed by atoms with E-state index in [0.29, 0.717) is 31.4 Å². The van der Waals surface area contributed by atoms with Crippen molar-refractivity contribution in [3.05, 3.63) is 35.9 Å². The van der Waals surface area contributed by atoms with E-state index in [2.05, 4.69) is 5.32 Å². The first-order chi connectivity index (χ1) is 12.4. The summed E-state index contributed by atoms with van der Waals surface area (Å²) in [5, 5.41) is 11.9. The van der Waals surface area contributed by atoms with Gasteiger partial charge in [0.25, 0.3) is 5.91 Å². The topological polar surface area (TPSA) is 107 Å². The molecule has 0 bridgehead atoms. The SMILES string of the molecule is CC[C@]1(c2ccccc2)NC(=O)N(CC(=O)N2CCC[C@@H]2C(=O)O)C1=O. The number of nitrogens with zero attached hydrogens (tertiary/aromatic N) is 2. The molecular weight excluding hydrogens is 338 g/mol. The Labute approximate surface area is 150 Å². The first-order valence-electron chi connectivity index (χ1n) is 8.62. The molecule has 1 aromatic carbocycles. The summed E-state index contributed by atoms with van der Waals surface area (Å²) < 4.78 is 0. The van der Waals surface area contributed by atoms with E-state index in [1.807, 2.05) is 6.07 Å². The molecule has 8 nitrogen and oxygen atoms in total. The maximum absolute atomic E-state index is 13.0. The number of hydrogen-bond donors (Lipinski definition) is 2. The molecule has 2 heterocycles. The normalized spacial score (nSPS) is 25.5. The first-order valence-corrected chi connectivity index (χ1v) is 8.62. The van der Waals surface area contributed by atoms with Gasteiger partial charge in [0.05, 0.1) is 0 Å². The van der Waals surface area contributed by atoms with Crippen LogP contribution in [-0.2, 0) is 19.9 Å². The van der Waals surface area contributed by atoms with Crippen molar-refractivity contribution in [2.45, 2.75) is 37.8 Å². The second-order valence-electron chi connectivity index (χ2n) is 6.53.